The molecule has 0 N–H and O–H groups in total. The standard InChI is InChI=1S/C34H38N4O4/c1-20(2)31-36-29-21(3)26(22-14-16-37(17-15-22)33(40)42-34(4,5)6)18-27(32(39)41-7)30(29)38(31)28-13-12-23(19-35)24-10-8-9-11-25(24)28/h8-13,18,20,22H,14-17H2,1-7H3. The summed E-state index contributed by atoms with van der Waals surface area (Å²) in [4.78, 5) is 33.0. The van der Waals surface area contributed by atoms with E-state index in [4.69, 9.17) is 14.5 Å². The molecule has 3 aromatic carbocycles. The van der Waals surface area contributed by atoms with E-state index in [1.807, 2.05) is 63.2 Å². The number of aryl methyl sites for hydroxylation is 1. The van der Waals surface area contributed by atoms with Crippen LogP contribution >= 0.6 is 0 Å². The fourth-order valence-electron chi connectivity index (χ4n) is 6.01. The quantitative estimate of drug-likeness (QED) is 0.239. The van der Waals surface area contributed by atoms with E-state index in [1.54, 1.807) is 4.90 Å². The summed E-state index contributed by atoms with van der Waals surface area (Å²) in [5.41, 5.74) is 4.90. The maximum atomic E-state index is 13.4. The Bertz CT molecular complexity index is 1730. The molecule has 8 heteroatoms. The third-order valence-electron chi connectivity index (χ3n) is 8.02. The molecule has 4 aromatic rings. The van der Waals surface area contributed by atoms with Gasteiger partial charge in [0.05, 0.1) is 41.0 Å². The van der Waals surface area contributed by atoms with Gasteiger partial charge in [-0.2, -0.15) is 5.26 Å². The van der Waals surface area contributed by atoms with Gasteiger partial charge in [-0.25, -0.2) is 14.6 Å². The highest BCUT2D eigenvalue weighted by molar-refractivity contribution is 6.05. The normalized spacial score (nSPS) is 14.4. The van der Waals surface area contributed by atoms with Crippen LogP contribution < -0.4 is 0 Å². The largest absolute Gasteiger partial charge is 0.465 e. The molecule has 8 nitrogen and oxygen atoms in total. The van der Waals surface area contributed by atoms with Crippen LogP contribution in [0, 0.1) is 18.3 Å². The van der Waals surface area contributed by atoms with Crippen molar-refractivity contribution < 1.29 is 19.1 Å². The van der Waals surface area contributed by atoms with Crippen molar-refractivity contribution in [3.05, 3.63) is 70.5 Å². The number of ether oxygens (including phenoxy) is 2. The lowest BCUT2D eigenvalue weighted by atomic mass is 9.85. The fourth-order valence-corrected chi connectivity index (χ4v) is 6.01. The summed E-state index contributed by atoms with van der Waals surface area (Å²) in [6.45, 7) is 13.0. The van der Waals surface area contributed by atoms with Gasteiger partial charge in [-0.15, -0.1) is 0 Å². The van der Waals surface area contributed by atoms with E-state index < -0.39 is 11.6 Å². The smallest absolute Gasteiger partial charge is 0.410 e. The van der Waals surface area contributed by atoms with Gasteiger partial charge >= 0.3 is 12.1 Å². The summed E-state index contributed by atoms with van der Waals surface area (Å²) in [7, 11) is 1.40. The van der Waals surface area contributed by atoms with Gasteiger partial charge in [0, 0.05) is 29.8 Å². The van der Waals surface area contributed by atoms with Crippen molar-refractivity contribution in [1.29, 1.82) is 5.26 Å². The van der Waals surface area contributed by atoms with Crippen LogP contribution in [0.3, 0.4) is 0 Å². The van der Waals surface area contributed by atoms with Gasteiger partial charge < -0.3 is 14.4 Å². The third-order valence-corrected chi connectivity index (χ3v) is 8.02. The van der Waals surface area contributed by atoms with E-state index in [0.29, 0.717) is 29.7 Å². The molecule has 218 valence electrons. The van der Waals surface area contributed by atoms with Crippen LogP contribution in [0.25, 0.3) is 27.5 Å². The SMILES string of the molecule is COC(=O)c1cc(C2CCN(C(=O)OC(C)(C)C)CC2)c(C)c2nc(C(C)C)n(-c3ccc(C#N)c4ccccc34)c12. The molecule has 1 aliphatic rings. The Morgan fingerprint density at radius 3 is 2.33 bits per heavy atom. The van der Waals surface area contributed by atoms with Crippen LogP contribution in [0.5, 0.6) is 0 Å². The maximum Gasteiger partial charge on any atom is 0.410 e. The van der Waals surface area contributed by atoms with Crippen molar-refractivity contribution in [3.63, 3.8) is 0 Å². The summed E-state index contributed by atoms with van der Waals surface area (Å²) in [5.74, 6) is 0.601. The Morgan fingerprint density at radius 1 is 1.07 bits per heavy atom. The van der Waals surface area contributed by atoms with E-state index in [0.717, 1.165) is 51.8 Å². The zero-order chi connectivity index (χ0) is 30.3. The number of nitriles is 1. The number of likely N-dealkylation sites (tertiary alicyclic amines) is 1. The average Bonchev–Trinajstić information content (AvgIpc) is 3.37. The number of esters is 1. The highest BCUT2D eigenvalue weighted by Gasteiger charge is 2.31. The second kappa shape index (κ2) is 11.1. The predicted molar refractivity (Wildman–Crippen MR) is 163 cm³/mol. The zero-order valence-corrected chi connectivity index (χ0v) is 25.4. The molecule has 0 aliphatic carbocycles. The highest BCUT2D eigenvalue weighted by atomic mass is 16.6. The summed E-state index contributed by atoms with van der Waals surface area (Å²) >= 11 is 0. The monoisotopic (exact) mass is 566 g/mol. The number of methoxy groups -OCH3 is 1. The molecular weight excluding hydrogens is 528 g/mol. The molecular formula is C34H38N4O4. The molecule has 1 fully saturated rings. The van der Waals surface area contributed by atoms with Crippen LogP contribution in [0.1, 0.15) is 92.2 Å². The number of amides is 1. The van der Waals surface area contributed by atoms with Crippen molar-refractivity contribution in [1.82, 2.24) is 14.5 Å². The second-order valence-electron chi connectivity index (χ2n) is 12.3. The lowest BCUT2D eigenvalue weighted by molar-refractivity contribution is 0.0204. The highest BCUT2D eigenvalue weighted by Crippen LogP contribution is 2.39. The van der Waals surface area contributed by atoms with Crippen LogP contribution in [-0.4, -0.2) is 52.3 Å². The number of aromatic nitrogens is 2. The van der Waals surface area contributed by atoms with Gasteiger partial charge in [-0.3, -0.25) is 4.57 Å². The molecule has 0 bridgehead atoms. The van der Waals surface area contributed by atoms with Crippen molar-refractivity contribution in [2.45, 2.75) is 71.8 Å². The summed E-state index contributed by atoms with van der Waals surface area (Å²) in [6, 6.07) is 15.8. The Kier molecular flexibility index (Phi) is 7.72. The summed E-state index contributed by atoms with van der Waals surface area (Å²) < 4.78 is 13.0. The lowest BCUT2D eigenvalue weighted by Gasteiger charge is -2.34. The predicted octanol–water partition coefficient (Wildman–Crippen LogP) is 7.38. The van der Waals surface area contributed by atoms with Gasteiger partial charge in [-0.1, -0.05) is 38.1 Å². The first kappa shape index (κ1) is 29.1. The van der Waals surface area contributed by atoms with E-state index in [1.165, 1.54) is 7.11 Å². The Morgan fingerprint density at radius 2 is 1.74 bits per heavy atom. The number of hydrogen-bond acceptors (Lipinski definition) is 6. The zero-order valence-electron chi connectivity index (χ0n) is 25.4. The van der Waals surface area contributed by atoms with Gasteiger partial charge in [0.15, 0.2) is 0 Å². The minimum atomic E-state index is -0.543. The average molecular weight is 567 g/mol. The number of rotatable bonds is 4. The Labute approximate surface area is 246 Å². The molecule has 1 aliphatic heterocycles. The molecule has 2 heterocycles. The minimum absolute atomic E-state index is 0.0530. The fraction of sp³-hybridized carbons (Fsp3) is 0.412. The minimum Gasteiger partial charge on any atom is -0.465 e. The van der Waals surface area contributed by atoms with E-state index >= 15 is 0 Å². The second-order valence-corrected chi connectivity index (χ2v) is 12.3. The molecule has 42 heavy (non-hydrogen) atoms. The molecule has 1 saturated heterocycles. The van der Waals surface area contributed by atoms with Crippen molar-refractivity contribution in [2.24, 2.45) is 0 Å². The van der Waals surface area contributed by atoms with Gasteiger partial charge in [0.25, 0.3) is 0 Å². The topological polar surface area (TPSA) is 97.4 Å². The number of fused-ring (bicyclic) bond motifs is 2. The van der Waals surface area contributed by atoms with Crippen LogP contribution in [0.15, 0.2) is 42.5 Å². The first-order valence-corrected chi connectivity index (χ1v) is 14.5. The van der Waals surface area contributed by atoms with Crippen molar-refractivity contribution in [2.75, 3.05) is 20.2 Å². The van der Waals surface area contributed by atoms with E-state index in [-0.39, 0.29) is 17.9 Å². The van der Waals surface area contributed by atoms with E-state index in [2.05, 4.69) is 31.4 Å². The number of hydrogen-bond donors (Lipinski definition) is 0. The van der Waals surface area contributed by atoms with E-state index in [9.17, 15) is 14.9 Å². The van der Waals surface area contributed by atoms with Crippen LogP contribution in [0.2, 0.25) is 0 Å². The van der Waals surface area contributed by atoms with Crippen LogP contribution in [0.4, 0.5) is 4.79 Å². The van der Waals surface area contributed by atoms with Crippen molar-refractivity contribution >= 4 is 33.9 Å². The molecule has 0 atom stereocenters. The van der Waals surface area contributed by atoms with Crippen LogP contribution in [-0.2, 0) is 9.47 Å². The number of piperidine rings is 1. The summed E-state index contributed by atoms with van der Waals surface area (Å²) in [6.07, 6.45) is 1.22. The third kappa shape index (κ3) is 5.20. The molecule has 0 unspecified atom stereocenters. The van der Waals surface area contributed by atoms with Gasteiger partial charge in [0.1, 0.15) is 11.4 Å². The first-order chi connectivity index (χ1) is 19.9. The number of carbonyl (C=O) groups excluding carboxylic acids is 2. The van der Waals surface area contributed by atoms with Gasteiger partial charge in [-0.05, 0) is 75.8 Å². The maximum absolute atomic E-state index is 13.4. The molecule has 1 aromatic heterocycles. The van der Waals surface area contributed by atoms with Gasteiger partial charge in [0.2, 0.25) is 0 Å². The molecule has 1 amide bonds. The number of nitrogens with zero attached hydrogens (tertiary/aromatic N) is 4. The molecule has 5 rings (SSSR count). The molecule has 0 radical (unpaired) electrons. The number of imidazole rings is 1. The lowest BCUT2D eigenvalue weighted by Crippen LogP contribution is -2.41. The Balaban J connectivity index is 1.67. The number of carbonyl (C=O) groups is 2. The summed E-state index contributed by atoms with van der Waals surface area (Å²) in [5, 5.41) is 11.5. The molecule has 0 saturated carbocycles. The first-order valence-electron chi connectivity index (χ1n) is 14.5. The molecule has 0 spiro atoms. The number of benzene rings is 3. The Hall–Kier alpha value is -4.38. The van der Waals surface area contributed by atoms with Crippen molar-refractivity contribution in [3.8, 4) is 11.8 Å².